The van der Waals surface area contributed by atoms with E-state index < -0.39 is 0 Å². The normalized spacial score (nSPS) is 12.5. The third-order valence-corrected chi connectivity index (χ3v) is 4.84. The standard InChI is InChI=1S/C17H16ClNOS/c1-20-16-9-12(18)6-7-14(16)15(19)8-11-10-21-17-5-3-2-4-13(11)17/h2-7,9-10,15H,8,19H2,1H3. The molecule has 0 fully saturated rings. The summed E-state index contributed by atoms with van der Waals surface area (Å²) < 4.78 is 6.69. The van der Waals surface area contributed by atoms with Gasteiger partial charge in [0.25, 0.3) is 0 Å². The summed E-state index contributed by atoms with van der Waals surface area (Å²) in [7, 11) is 1.64. The van der Waals surface area contributed by atoms with Crippen LogP contribution in [-0.2, 0) is 6.42 Å². The molecule has 1 heterocycles. The van der Waals surface area contributed by atoms with Gasteiger partial charge in [0.1, 0.15) is 5.75 Å². The van der Waals surface area contributed by atoms with Gasteiger partial charge in [-0.2, -0.15) is 0 Å². The molecule has 0 spiro atoms. The molecule has 0 aliphatic rings. The minimum Gasteiger partial charge on any atom is -0.496 e. The van der Waals surface area contributed by atoms with Crippen molar-refractivity contribution in [3.8, 4) is 5.75 Å². The second-order valence-corrected chi connectivity index (χ2v) is 6.30. The van der Waals surface area contributed by atoms with Crippen molar-refractivity contribution < 1.29 is 4.74 Å². The first-order valence-electron chi connectivity index (χ1n) is 6.73. The Morgan fingerprint density at radius 2 is 2.05 bits per heavy atom. The SMILES string of the molecule is COc1cc(Cl)ccc1C(N)Cc1csc2ccccc12. The highest BCUT2D eigenvalue weighted by molar-refractivity contribution is 7.17. The van der Waals surface area contributed by atoms with Gasteiger partial charge in [0.15, 0.2) is 0 Å². The van der Waals surface area contributed by atoms with Crippen molar-refractivity contribution in [1.82, 2.24) is 0 Å². The first-order valence-corrected chi connectivity index (χ1v) is 7.99. The Hall–Kier alpha value is -1.55. The average molecular weight is 318 g/mol. The third-order valence-electron chi connectivity index (χ3n) is 3.60. The lowest BCUT2D eigenvalue weighted by Crippen LogP contribution is -2.14. The van der Waals surface area contributed by atoms with Gasteiger partial charge < -0.3 is 10.5 Å². The van der Waals surface area contributed by atoms with Crippen LogP contribution in [0.2, 0.25) is 5.02 Å². The minimum atomic E-state index is -0.116. The second kappa shape index (κ2) is 6.06. The molecule has 4 heteroatoms. The Kier molecular flexibility index (Phi) is 4.15. The molecule has 0 bridgehead atoms. The van der Waals surface area contributed by atoms with Crippen molar-refractivity contribution in [2.75, 3.05) is 7.11 Å². The van der Waals surface area contributed by atoms with Crippen LogP contribution in [0.15, 0.2) is 47.8 Å². The molecule has 21 heavy (non-hydrogen) atoms. The quantitative estimate of drug-likeness (QED) is 0.749. The van der Waals surface area contributed by atoms with E-state index in [0.717, 1.165) is 17.7 Å². The molecule has 3 aromatic rings. The summed E-state index contributed by atoms with van der Waals surface area (Å²) >= 11 is 7.76. The number of nitrogens with two attached hydrogens (primary N) is 1. The van der Waals surface area contributed by atoms with Gasteiger partial charge in [-0.3, -0.25) is 0 Å². The van der Waals surface area contributed by atoms with Crippen molar-refractivity contribution in [2.24, 2.45) is 5.73 Å². The van der Waals surface area contributed by atoms with Gasteiger partial charge in [-0.05, 0) is 40.9 Å². The maximum absolute atomic E-state index is 6.39. The van der Waals surface area contributed by atoms with Crippen LogP contribution >= 0.6 is 22.9 Å². The zero-order valence-corrected chi connectivity index (χ0v) is 13.2. The Morgan fingerprint density at radius 1 is 1.24 bits per heavy atom. The molecule has 1 atom stereocenters. The smallest absolute Gasteiger partial charge is 0.125 e. The third kappa shape index (κ3) is 2.91. The number of thiophene rings is 1. The Balaban J connectivity index is 1.91. The fraction of sp³-hybridized carbons (Fsp3) is 0.176. The fourth-order valence-corrected chi connectivity index (χ4v) is 3.67. The molecule has 2 nitrogen and oxygen atoms in total. The maximum atomic E-state index is 6.39. The van der Waals surface area contributed by atoms with Crippen molar-refractivity contribution in [3.63, 3.8) is 0 Å². The van der Waals surface area contributed by atoms with Gasteiger partial charge in [0.2, 0.25) is 0 Å². The summed E-state index contributed by atoms with van der Waals surface area (Å²) in [6.07, 6.45) is 0.780. The zero-order chi connectivity index (χ0) is 14.8. The van der Waals surface area contributed by atoms with E-state index in [-0.39, 0.29) is 6.04 Å². The van der Waals surface area contributed by atoms with E-state index in [1.807, 2.05) is 18.2 Å². The largest absolute Gasteiger partial charge is 0.496 e. The lowest BCUT2D eigenvalue weighted by molar-refractivity contribution is 0.405. The summed E-state index contributed by atoms with van der Waals surface area (Å²) in [4.78, 5) is 0. The van der Waals surface area contributed by atoms with Crippen molar-refractivity contribution in [2.45, 2.75) is 12.5 Å². The first kappa shape index (κ1) is 14.4. The number of methoxy groups -OCH3 is 1. The number of halogens is 1. The predicted octanol–water partition coefficient (Wildman–Crippen LogP) is 4.81. The number of hydrogen-bond donors (Lipinski definition) is 1. The Bertz CT molecular complexity index is 768. The van der Waals surface area contributed by atoms with Crippen LogP contribution in [-0.4, -0.2) is 7.11 Å². The topological polar surface area (TPSA) is 35.2 Å². The molecule has 0 saturated carbocycles. The summed E-state index contributed by atoms with van der Waals surface area (Å²) in [6.45, 7) is 0. The van der Waals surface area contributed by atoms with Crippen molar-refractivity contribution >= 4 is 33.0 Å². The van der Waals surface area contributed by atoms with Crippen molar-refractivity contribution in [3.05, 3.63) is 64.0 Å². The molecule has 108 valence electrons. The molecule has 1 aromatic heterocycles. The lowest BCUT2D eigenvalue weighted by Gasteiger charge is -2.15. The van der Waals surface area contributed by atoms with E-state index in [0.29, 0.717) is 5.02 Å². The average Bonchev–Trinajstić information content (AvgIpc) is 2.90. The van der Waals surface area contributed by atoms with Crippen LogP contribution in [0.5, 0.6) is 5.75 Å². The summed E-state index contributed by atoms with van der Waals surface area (Å²) in [6, 6.07) is 13.9. The molecule has 0 aliphatic heterocycles. The summed E-state index contributed by atoms with van der Waals surface area (Å²) in [5, 5.41) is 4.13. The highest BCUT2D eigenvalue weighted by Crippen LogP contribution is 2.32. The minimum absolute atomic E-state index is 0.116. The highest BCUT2D eigenvalue weighted by atomic mass is 35.5. The van der Waals surface area contributed by atoms with Gasteiger partial charge in [0, 0.05) is 21.3 Å². The molecule has 1 unspecified atom stereocenters. The van der Waals surface area contributed by atoms with E-state index in [1.54, 1.807) is 18.4 Å². The van der Waals surface area contributed by atoms with Crippen LogP contribution in [0.4, 0.5) is 0 Å². The first-order chi connectivity index (χ1) is 10.2. The van der Waals surface area contributed by atoms with E-state index in [9.17, 15) is 0 Å². The van der Waals surface area contributed by atoms with Crippen molar-refractivity contribution in [1.29, 1.82) is 0 Å². The summed E-state index contributed by atoms with van der Waals surface area (Å²) in [5.74, 6) is 0.745. The zero-order valence-electron chi connectivity index (χ0n) is 11.7. The van der Waals surface area contributed by atoms with Crippen LogP contribution < -0.4 is 10.5 Å². The Morgan fingerprint density at radius 3 is 2.86 bits per heavy atom. The summed E-state index contributed by atoms with van der Waals surface area (Å²) in [5.41, 5.74) is 8.65. The van der Waals surface area contributed by atoms with Gasteiger partial charge >= 0.3 is 0 Å². The fourth-order valence-electron chi connectivity index (χ4n) is 2.53. The molecular formula is C17H16ClNOS. The highest BCUT2D eigenvalue weighted by Gasteiger charge is 2.15. The Labute approximate surface area is 133 Å². The molecule has 2 N–H and O–H groups in total. The molecule has 0 amide bonds. The van der Waals surface area contributed by atoms with Gasteiger partial charge in [-0.1, -0.05) is 35.9 Å². The monoisotopic (exact) mass is 317 g/mol. The van der Waals surface area contributed by atoms with E-state index in [4.69, 9.17) is 22.1 Å². The molecule has 0 radical (unpaired) electrons. The molecular weight excluding hydrogens is 302 g/mol. The van der Waals surface area contributed by atoms with Gasteiger partial charge in [-0.15, -0.1) is 11.3 Å². The van der Waals surface area contributed by atoms with E-state index in [1.165, 1.54) is 15.6 Å². The van der Waals surface area contributed by atoms with Crippen LogP contribution in [0.25, 0.3) is 10.1 Å². The number of benzene rings is 2. The number of ether oxygens (including phenoxy) is 1. The molecule has 3 rings (SSSR count). The lowest BCUT2D eigenvalue weighted by atomic mass is 9.98. The number of fused-ring (bicyclic) bond motifs is 1. The number of rotatable bonds is 4. The predicted molar refractivity (Wildman–Crippen MR) is 90.5 cm³/mol. The van der Waals surface area contributed by atoms with Gasteiger partial charge in [-0.25, -0.2) is 0 Å². The second-order valence-electron chi connectivity index (χ2n) is 4.95. The maximum Gasteiger partial charge on any atom is 0.125 e. The number of hydrogen-bond acceptors (Lipinski definition) is 3. The van der Waals surface area contributed by atoms with E-state index in [2.05, 4.69) is 29.6 Å². The van der Waals surface area contributed by atoms with E-state index >= 15 is 0 Å². The molecule has 0 saturated heterocycles. The van der Waals surface area contributed by atoms with Crippen LogP contribution in [0, 0.1) is 0 Å². The van der Waals surface area contributed by atoms with Gasteiger partial charge in [0.05, 0.1) is 7.11 Å². The molecule has 0 aliphatic carbocycles. The van der Waals surface area contributed by atoms with Crippen LogP contribution in [0.3, 0.4) is 0 Å². The molecule has 2 aromatic carbocycles. The van der Waals surface area contributed by atoms with Crippen LogP contribution in [0.1, 0.15) is 17.2 Å².